The van der Waals surface area contributed by atoms with Crippen molar-refractivity contribution in [3.05, 3.63) is 35.9 Å². The molecule has 27 heavy (non-hydrogen) atoms. The maximum Gasteiger partial charge on any atom is 0.228 e. The van der Waals surface area contributed by atoms with Crippen LogP contribution in [-0.4, -0.2) is 28.4 Å². The predicted molar refractivity (Wildman–Crippen MR) is 98.9 cm³/mol. The van der Waals surface area contributed by atoms with Gasteiger partial charge in [-0.3, -0.25) is 4.79 Å². The van der Waals surface area contributed by atoms with Gasteiger partial charge in [0.25, 0.3) is 0 Å². The molecule has 0 radical (unpaired) electrons. The molecule has 1 spiro atoms. The number of benzene rings is 1. The summed E-state index contributed by atoms with van der Waals surface area (Å²) in [4.78, 5) is 27.5. The SMILES string of the molecule is C[C@@H]1CC[C@H]2[C@@H](C)C(=O)N(Cc3ccccc3)[C@@H]3O[C@@]4(C)CC[C@@H]1[C@@]23OO4. The number of carbonyl (C=O) groups is 1. The Morgan fingerprint density at radius 1 is 1.07 bits per heavy atom. The zero-order chi connectivity index (χ0) is 18.8. The number of rotatable bonds is 2. The smallest absolute Gasteiger partial charge is 0.228 e. The van der Waals surface area contributed by atoms with E-state index in [1.54, 1.807) is 0 Å². The highest BCUT2D eigenvalue weighted by atomic mass is 17.3. The second-order valence-electron chi connectivity index (χ2n) is 9.17. The lowest BCUT2D eigenvalue weighted by Gasteiger charge is -2.61. The van der Waals surface area contributed by atoms with Crippen molar-refractivity contribution < 1.29 is 19.3 Å². The Bertz CT molecular complexity index is 739. The van der Waals surface area contributed by atoms with Crippen molar-refractivity contribution in [3.8, 4) is 0 Å². The van der Waals surface area contributed by atoms with Crippen LogP contribution in [0.2, 0.25) is 0 Å². The second-order valence-corrected chi connectivity index (χ2v) is 9.17. The number of piperidine rings is 1. The molecular formula is C22H29NO4. The zero-order valence-electron chi connectivity index (χ0n) is 16.4. The number of amides is 1. The van der Waals surface area contributed by atoms with E-state index in [9.17, 15) is 4.79 Å². The van der Waals surface area contributed by atoms with Gasteiger partial charge in [-0.25, -0.2) is 9.78 Å². The summed E-state index contributed by atoms with van der Waals surface area (Å²) in [5, 5.41) is 0. The van der Waals surface area contributed by atoms with Gasteiger partial charge >= 0.3 is 0 Å². The lowest BCUT2D eigenvalue weighted by Crippen LogP contribution is -2.74. The largest absolute Gasteiger partial charge is 0.321 e. The van der Waals surface area contributed by atoms with E-state index < -0.39 is 11.4 Å². The van der Waals surface area contributed by atoms with Crippen LogP contribution in [0, 0.1) is 23.7 Å². The van der Waals surface area contributed by atoms with Crippen molar-refractivity contribution in [1.82, 2.24) is 4.90 Å². The molecule has 1 aliphatic carbocycles. The van der Waals surface area contributed by atoms with Gasteiger partial charge < -0.3 is 9.64 Å². The van der Waals surface area contributed by atoms with Gasteiger partial charge in [0.1, 0.15) is 0 Å². The molecule has 4 heterocycles. The fraction of sp³-hybridized carbons (Fsp3) is 0.682. The Labute approximate surface area is 160 Å². The third-order valence-electron chi connectivity index (χ3n) is 7.55. The number of nitrogens with zero attached hydrogens (tertiary/aromatic N) is 1. The van der Waals surface area contributed by atoms with Crippen LogP contribution in [0.5, 0.6) is 0 Å². The first-order chi connectivity index (χ1) is 12.9. The Balaban J connectivity index is 1.61. The molecule has 5 fully saturated rings. The van der Waals surface area contributed by atoms with Crippen molar-refractivity contribution >= 4 is 5.91 Å². The van der Waals surface area contributed by atoms with Gasteiger partial charge in [-0.15, -0.1) is 0 Å². The molecule has 4 saturated heterocycles. The minimum Gasteiger partial charge on any atom is -0.321 e. The van der Waals surface area contributed by atoms with Crippen molar-refractivity contribution in [2.24, 2.45) is 23.7 Å². The van der Waals surface area contributed by atoms with Crippen LogP contribution in [0.15, 0.2) is 30.3 Å². The molecule has 146 valence electrons. The summed E-state index contributed by atoms with van der Waals surface area (Å²) in [5.41, 5.74) is 0.554. The molecule has 5 aliphatic rings. The molecule has 1 aromatic rings. The van der Waals surface area contributed by atoms with Gasteiger partial charge in [-0.2, -0.15) is 0 Å². The molecular weight excluding hydrogens is 342 g/mol. The van der Waals surface area contributed by atoms with Crippen LogP contribution in [0.25, 0.3) is 0 Å². The highest BCUT2D eigenvalue weighted by molar-refractivity contribution is 5.80. The van der Waals surface area contributed by atoms with E-state index in [0.29, 0.717) is 18.4 Å². The highest BCUT2D eigenvalue weighted by Crippen LogP contribution is 2.60. The topological polar surface area (TPSA) is 48.0 Å². The molecule has 6 rings (SSSR count). The van der Waals surface area contributed by atoms with Crippen molar-refractivity contribution in [2.75, 3.05) is 0 Å². The maximum absolute atomic E-state index is 13.4. The first-order valence-corrected chi connectivity index (χ1v) is 10.3. The molecule has 0 N–H and O–H groups in total. The zero-order valence-corrected chi connectivity index (χ0v) is 16.4. The van der Waals surface area contributed by atoms with Gasteiger partial charge in [-0.05, 0) is 43.6 Å². The normalized spacial score (nSPS) is 46.1. The molecule has 0 aromatic heterocycles. The van der Waals surface area contributed by atoms with E-state index in [2.05, 4.69) is 26.0 Å². The highest BCUT2D eigenvalue weighted by Gasteiger charge is 2.70. The van der Waals surface area contributed by atoms with Crippen LogP contribution in [-0.2, 0) is 25.9 Å². The Morgan fingerprint density at radius 3 is 2.63 bits per heavy atom. The monoisotopic (exact) mass is 371 g/mol. The third kappa shape index (κ3) is 2.44. The van der Waals surface area contributed by atoms with Crippen molar-refractivity contribution in [3.63, 3.8) is 0 Å². The average Bonchev–Trinajstić information content (AvgIpc) is 2.91. The van der Waals surface area contributed by atoms with E-state index in [-0.39, 0.29) is 24.0 Å². The van der Waals surface area contributed by atoms with E-state index in [1.165, 1.54) is 0 Å². The van der Waals surface area contributed by atoms with Crippen LogP contribution < -0.4 is 0 Å². The quantitative estimate of drug-likeness (QED) is 0.740. The number of hydrogen-bond acceptors (Lipinski definition) is 4. The minimum atomic E-state index is -0.784. The summed E-state index contributed by atoms with van der Waals surface area (Å²) >= 11 is 0. The number of carbonyl (C=O) groups excluding carboxylic acids is 1. The maximum atomic E-state index is 13.4. The van der Waals surface area contributed by atoms with Crippen LogP contribution >= 0.6 is 0 Å². The molecule has 1 amide bonds. The molecule has 1 aromatic carbocycles. The van der Waals surface area contributed by atoms with E-state index in [4.69, 9.17) is 14.5 Å². The Kier molecular flexibility index (Phi) is 3.94. The molecule has 1 saturated carbocycles. The molecule has 5 nitrogen and oxygen atoms in total. The summed E-state index contributed by atoms with van der Waals surface area (Å²) < 4.78 is 6.54. The summed E-state index contributed by atoms with van der Waals surface area (Å²) in [5.74, 6) is 0.329. The van der Waals surface area contributed by atoms with E-state index in [0.717, 1.165) is 31.2 Å². The Hall–Kier alpha value is -1.43. The number of fused-ring (bicyclic) bond motifs is 2. The summed E-state index contributed by atoms with van der Waals surface area (Å²) in [6, 6.07) is 10.2. The Morgan fingerprint density at radius 2 is 1.85 bits per heavy atom. The van der Waals surface area contributed by atoms with Gasteiger partial charge in [0, 0.05) is 24.8 Å². The summed E-state index contributed by atoms with van der Waals surface area (Å²) in [6.07, 6.45) is 3.56. The van der Waals surface area contributed by atoms with Crippen LogP contribution in [0.4, 0.5) is 0 Å². The standard InChI is InChI=1S/C22H29NO4/c1-14-9-10-18-15(2)19(24)23(13-16-7-5-4-6-8-16)20-22(18)17(14)11-12-21(3,25-20)26-27-22/h4-8,14-15,17-18,20H,9-13H2,1-3H3/t14-,15-,17+,18+,20-,21-,22-/m1/s1. The molecule has 5 heteroatoms. The van der Waals surface area contributed by atoms with Crippen LogP contribution in [0.1, 0.15) is 52.0 Å². The summed E-state index contributed by atoms with van der Waals surface area (Å²) in [7, 11) is 0. The van der Waals surface area contributed by atoms with E-state index >= 15 is 0 Å². The van der Waals surface area contributed by atoms with Gasteiger partial charge in [0.05, 0.1) is 0 Å². The summed E-state index contributed by atoms with van der Waals surface area (Å²) in [6.45, 7) is 6.87. The van der Waals surface area contributed by atoms with Crippen molar-refractivity contribution in [2.45, 2.75) is 70.6 Å². The molecule has 0 unspecified atom stereocenters. The number of hydrogen-bond donors (Lipinski definition) is 0. The number of likely N-dealkylation sites (tertiary alicyclic amines) is 1. The first kappa shape index (κ1) is 17.7. The van der Waals surface area contributed by atoms with Crippen molar-refractivity contribution in [1.29, 1.82) is 0 Å². The number of ether oxygens (including phenoxy) is 1. The van der Waals surface area contributed by atoms with Gasteiger partial charge in [0.15, 0.2) is 11.8 Å². The van der Waals surface area contributed by atoms with Gasteiger partial charge in [-0.1, -0.05) is 44.2 Å². The molecule has 2 bridgehead atoms. The first-order valence-electron chi connectivity index (χ1n) is 10.3. The molecule has 4 aliphatic heterocycles. The lowest BCUT2D eigenvalue weighted by atomic mass is 9.57. The minimum absolute atomic E-state index is 0.0883. The lowest BCUT2D eigenvalue weighted by molar-refractivity contribution is -0.548. The van der Waals surface area contributed by atoms with E-state index in [1.807, 2.05) is 30.0 Å². The fourth-order valence-corrected chi connectivity index (χ4v) is 6.09. The van der Waals surface area contributed by atoms with Gasteiger partial charge in [0.2, 0.25) is 11.7 Å². The second kappa shape index (κ2) is 6.03. The fourth-order valence-electron chi connectivity index (χ4n) is 6.09. The average molecular weight is 371 g/mol. The third-order valence-corrected chi connectivity index (χ3v) is 7.55. The predicted octanol–water partition coefficient (Wildman–Crippen LogP) is 3.88. The van der Waals surface area contributed by atoms with Crippen LogP contribution in [0.3, 0.4) is 0 Å². The molecule has 7 atom stereocenters.